The first kappa shape index (κ1) is 20.2. The molecule has 1 amide bonds. The molecule has 0 fully saturated rings. The summed E-state index contributed by atoms with van der Waals surface area (Å²) in [5, 5.41) is 13.1. The van der Waals surface area contributed by atoms with Crippen LogP contribution in [-0.2, 0) is 22.5 Å². The summed E-state index contributed by atoms with van der Waals surface area (Å²) in [4.78, 5) is 11.0. The van der Waals surface area contributed by atoms with E-state index >= 15 is 0 Å². The van der Waals surface area contributed by atoms with Crippen LogP contribution in [0.4, 0.5) is 0 Å². The van der Waals surface area contributed by atoms with Crippen LogP contribution in [0.2, 0.25) is 5.02 Å². The molecule has 6 nitrogen and oxygen atoms in total. The number of hydrogen-bond donors (Lipinski definition) is 2. The summed E-state index contributed by atoms with van der Waals surface area (Å²) in [7, 11) is 1.55. The topological polar surface area (TPSA) is 76.4 Å². The van der Waals surface area contributed by atoms with Crippen molar-refractivity contribution in [1.82, 2.24) is 15.3 Å². The summed E-state index contributed by atoms with van der Waals surface area (Å²) in [6.07, 6.45) is 5.20. The number of aryl methyl sites for hydroxylation is 2. The number of methoxy groups -OCH3 is 1. The third-order valence-corrected chi connectivity index (χ3v) is 3.67. The molecule has 0 radical (unpaired) electrons. The van der Waals surface area contributed by atoms with Crippen molar-refractivity contribution in [3.05, 3.63) is 53.3 Å². The predicted octanol–water partition coefficient (Wildman–Crippen LogP) is 3.09. The number of ether oxygens (including phenoxy) is 1. The summed E-state index contributed by atoms with van der Waals surface area (Å²) in [6, 6.07) is 9.48. The van der Waals surface area contributed by atoms with Gasteiger partial charge in [-0.1, -0.05) is 23.7 Å². The molecule has 0 saturated carbocycles. The van der Waals surface area contributed by atoms with Crippen molar-refractivity contribution in [2.24, 2.45) is 0 Å². The van der Waals surface area contributed by atoms with Gasteiger partial charge in [0.15, 0.2) is 0 Å². The molecular weight excluding hydrogens is 330 g/mol. The summed E-state index contributed by atoms with van der Waals surface area (Å²) in [5.41, 5.74) is 2.74. The van der Waals surface area contributed by atoms with E-state index in [1.165, 1.54) is 0 Å². The van der Waals surface area contributed by atoms with Gasteiger partial charge < -0.3 is 4.74 Å². The Kier molecular flexibility index (Phi) is 9.76. The van der Waals surface area contributed by atoms with Crippen LogP contribution in [0.1, 0.15) is 25.3 Å². The van der Waals surface area contributed by atoms with Gasteiger partial charge in [0, 0.05) is 31.1 Å². The fraction of sp³-hybridized carbons (Fsp3) is 0.412. The SMILES string of the molecule is CCn1cccn1.COC(CCc1ccc(Cl)cc1)CC(=O)NO. The van der Waals surface area contributed by atoms with Gasteiger partial charge in [-0.2, -0.15) is 5.10 Å². The van der Waals surface area contributed by atoms with Gasteiger partial charge in [0.1, 0.15) is 0 Å². The number of aromatic nitrogens is 2. The molecule has 0 bridgehead atoms. The molecule has 0 spiro atoms. The highest BCUT2D eigenvalue weighted by molar-refractivity contribution is 6.30. The Morgan fingerprint density at radius 1 is 1.42 bits per heavy atom. The van der Waals surface area contributed by atoms with E-state index in [-0.39, 0.29) is 12.5 Å². The smallest absolute Gasteiger partial charge is 0.245 e. The number of carbonyl (C=O) groups excluding carboxylic acids is 1. The van der Waals surface area contributed by atoms with E-state index in [9.17, 15) is 4.79 Å². The maximum absolute atomic E-state index is 11.0. The molecule has 1 atom stereocenters. The third-order valence-electron chi connectivity index (χ3n) is 3.42. The first-order valence-corrected chi connectivity index (χ1v) is 8.14. The lowest BCUT2D eigenvalue weighted by Crippen LogP contribution is -2.25. The zero-order valence-electron chi connectivity index (χ0n) is 14.0. The fourth-order valence-electron chi connectivity index (χ4n) is 2.02. The molecule has 1 aromatic heterocycles. The third kappa shape index (κ3) is 8.10. The number of nitrogens with zero attached hydrogens (tertiary/aromatic N) is 2. The Morgan fingerprint density at radius 2 is 2.12 bits per heavy atom. The number of amides is 1. The standard InChI is InChI=1S/C12H16ClNO3.C5H8N2/c1-17-11(8-12(15)14-16)7-4-9-2-5-10(13)6-3-9;1-2-7-5-3-4-6-7/h2-3,5-6,11,16H,4,7-8H2,1H3,(H,14,15);3-5H,2H2,1H3. The van der Waals surface area contributed by atoms with E-state index in [2.05, 4.69) is 12.0 Å². The maximum atomic E-state index is 11.0. The minimum absolute atomic E-state index is 0.153. The normalized spacial score (nSPS) is 11.3. The molecular formula is C17H24ClN3O3. The highest BCUT2D eigenvalue weighted by atomic mass is 35.5. The van der Waals surface area contributed by atoms with Gasteiger partial charge in [0.2, 0.25) is 5.91 Å². The lowest BCUT2D eigenvalue weighted by Gasteiger charge is -2.13. The number of hydroxylamine groups is 1. The molecule has 1 heterocycles. The molecule has 2 aromatic rings. The van der Waals surface area contributed by atoms with E-state index in [0.717, 1.165) is 18.5 Å². The van der Waals surface area contributed by atoms with Crippen molar-refractivity contribution in [2.75, 3.05) is 7.11 Å². The molecule has 0 aliphatic heterocycles. The number of halogens is 1. The Hall–Kier alpha value is -1.89. The number of nitrogens with one attached hydrogen (secondary N) is 1. The number of rotatable bonds is 7. The van der Waals surface area contributed by atoms with Crippen LogP contribution >= 0.6 is 11.6 Å². The lowest BCUT2D eigenvalue weighted by atomic mass is 10.0. The molecule has 2 rings (SSSR count). The van der Waals surface area contributed by atoms with E-state index in [1.807, 2.05) is 41.2 Å². The fourth-order valence-corrected chi connectivity index (χ4v) is 2.15. The van der Waals surface area contributed by atoms with Gasteiger partial charge in [-0.3, -0.25) is 14.7 Å². The Balaban J connectivity index is 0.000000341. The molecule has 24 heavy (non-hydrogen) atoms. The van der Waals surface area contributed by atoms with Gasteiger partial charge in [0.05, 0.1) is 12.5 Å². The van der Waals surface area contributed by atoms with E-state index in [4.69, 9.17) is 21.5 Å². The molecule has 132 valence electrons. The molecule has 7 heteroatoms. The molecule has 1 unspecified atom stereocenters. The summed E-state index contributed by atoms with van der Waals surface area (Å²) in [6.45, 7) is 3.03. The quantitative estimate of drug-likeness (QED) is 0.592. The second-order valence-corrected chi connectivity index (χ2v) is 5.56. The minimum atomic E-state index is -0.437. The average molecular weight is 354 g/mol. The largest absolute Gasteiger partial charge is 0.381 e. The highest BCUT2D eigenvalue weighted by Crippen LogP contribution is 2.13. The monoisotopic (exact) mass is 353 g/mol. The Bertz CT molecular complexity index is 573. The van der Waals surface area contributed by atoms with Gasteiger partial charge >= 0.3 is 0 Å². The molecule has 0 aliphatic rings. The van der Waals surface area contributed by atoms with Crippen molar-refractivity contribution in [3.63, 3.8) is 0 Å². The average Bonchev–Trinajstić information content (AvgIpc) is 3.14. The molecule has 0 aliphatic carbocycles. The number of carbonyl (C=O) groups is 1. The second-order valence-electron chi connectivity index (χ2n) is 5.12. The predicted molar refractivity (Wildman–Crippen MR) is 93.0 cm³/mol. The van der Waals surface area contributed by atoms with E-state index in [0.29, 0.717) is 11.4 Å². The van der Waals surface area contributed by atoms with Crippen LogP contribution in [0.15, 0.2) is 42.7 Å². The summed E-state index contributed by atoms with van der Waals surface area (Å²) < 4.78 is 7.05. The van der Waals surface area contributed by atoms with Crippen LogP contribution in [0, 0.1) is 0 Å². The Morgan fingerprint density at radius 3 is 2.58 bits per heavy atom. The molecule has 1 aromatic carbocycles. The highest BCUT2D eigenvalue weighted by Gasteiger charge is 2.12. The van der Waals surface area contributed by atoms with E-state index < -0.39 is 5.91 Å². The number of hydrogen-bond acceptors (Lipinski definition) is 4. The zero-order valence-corrected chi connectivity index (χ0v) is 14.7. The number of benzene rings is 1. The maximum Gasteiger partial charge on any atom is 0.245 e. The van der Waals surface area contributed by atoms with Crippen LogP contribution in [0.5, 0.6) is 0 Å². The van der Waals surface area contributed by atoms with E-state index in [1.54, 1.807) is 18.8 Å². The molecule has 0 saturated heterocycles. The second kappa shape index (κ2) is 11.6. The van der Waals surface area contributed by atoms with Crippen molar-refractivity contribution in [1.29, 1.82) is 0 Å². The minimum Gasteiger partial charge on any atom is -0.381 e. The summed E-state index contributed by atoms with van der Waals surface area (Å²) >= 11 is 5.78. The summed E-state index contributed by atoms with van der Waals surface area (Å²) in [5.74, 6) is -0.437. The van der Waals surface area contributed by atoms with Crippen LogP contribution in [0.3, 0.4) is 0 Å². The van der Waals surface area contributed by atoms with Crippen LogP contribution in [0.25, 0.3) is 0 Å². The van der Waals surface area contributed by atoms with Crippen molar-refractivity contribution >= 4 is 17.5 Å². The Labute approximate surface area is 147 Å². The lowest BCUT2D eigenvalue weighted by molar-refractivity contribution is -0.131. The first-order chi connectivity index (χ1) is 11.6. The van der Waals surface area contributed by atoms with Gasteiger partial charge in [-0.25, -0.2) is 5.48 Å². The van der Waals surface area contributed by atoms with Crippen molar-refractivity contribution < 1.29 is 14.7 Å². The van der Waals surface area contributed by atoms with Crippen LogP contribution in [-0.4, -0.2) is 34.1 Å². The first-order valence-electron chi connectivity index (χ1n) is 7.76. The van der Waals surface area contributed by atoms with Crippen LogP contribution < -0.4 is 5.48 Å². The van der Waals surface area contributed by atoms with Gasteiger partial charge in [-0.05, 0) is 43.5 Å². The molecule has 2 N–H and O–H groups in total. The van der Waals surface area contributed by atoms with Crippen molar-refractivity contribution in [2.45, 2.75) is 38.8 Å². The van der Waals surface area contributed by atoms with Gasteiger partial charge in [-0.15, -0.1) is 0 Å². The van der Waals surface area contributed by atoms with Gasteiger partial charge in [0.25, 0.3) is 0 Å². The van der Waals surface area contributed by atoms with Crippen molar-refractivity contribution in [3.8, 4) is 0 Å². The zero-order chi connectivity index (χ0) is 17.8.